The molecule has 3 aliphatic rings. The number of rotatable bonds is 8. The number of H-pyrrole nitrogens is 2. The SMILES string of the molecule is C.C.C.C.CC1(C)OB(c2cnn([C@H](CC#N)C3CCCC3)c2)OC1(C)C.Clc1ncnc2[nH]ccc12.N#CC[C@H](C1CCCC1)n1cc(-c2ncnc3[nH]ccc23)cn1. The van der Waals surface area contributed by atoms with E-state index >= 15 is 0 Å². The zero-order valence-electron chi connectivity index (χ0n) is 32.4. The number of nitriles is 2. The second kappa shape index (κ2) is 21.4. The highest BCUT2D eigenvalue weighted by atomic mass is 35.5. The Morgan fingerprint density at radius 1 is 0.733 bits per heavy atom. The minimum atomic E-state index is -0.389. The summed E-state index contributed by atoms with van der Waals surface area (Å²) in [6.45, 7) is 8.20. The van der Waals surface area contributed by atoms with Gasteiger partial charge in [0.1, 0.15) is 29.1 Å². The summed E-state index contributed by atoms with van der Waals surface area (Å²) >= 11 is 5.73. The maximum Gasteiger partial charge on any atom is 0.498 e. The second-order valence-electron chi connectivity index (χ2n) is 15.9. The monoisotopic (exact) mass is 839 g/mol. The Bertz CT molecular complexity index is 2290. The molecular weight excluding hydrogens is 775 g/mol. The van der Waals surface area contributed by atoms with Gasteiger partial charge in [-0.2, -0.15) is 20.7 Å². The summed E-state index contributed by atoms with van der Waals surface area (Å²) in [6.07, 6.45) is 25.2. The number of halogens is 1. The lowest BCUT2D eigenvalue weighted by Crippen LogP contribution is -2.41. The summed E-state index contributed by atoms with van der Waals surface area (Å²) in [7, 11) is -0.389. The molecule has 2 saturated carbocycles. The normalized spacial score (nSPS) is 17.6. The molecule has 16 heteroatoms. The van der Waals surface area contributed by atoms with Crippen molar-refractivity contribution >= 4 is 46.2 Å². The lowest BCUT2D eigenvalue weighted by molar-refractivity contribution is 0.00578. The van der Waals surface area contributed by atoms with Crippen LogP contribution in [0.15, 0.2) is 62.0 Å². The number of hydrogen-bond donors (Lipinski definition) is 2. The van der Waals surface area contributed by atoms with Gasteiger partial charge in [0.25, 0.3) is 0 Å². The van der Waals surface area contributed by atoms with Crippen molar-refractivity contribution < 1.29 is 9.31 Å². The van der Waals surface area contributed by atoms with Crippen LogP contribution in [0.5, 0.6) is 0 Å². The predicted octanol–water partition coefficient (Wildman–Crippen LogP) is 10.4. The van der Waals surface area contributed by atoms with Gasteiger partial charge in [-0.15, -0.1) is 0 Å². The van der Waals surface area contributed by atoms with Crippen LogP contribution in [0.4, 0.5) is 0 Å². The average Bonchev–Trinajstić information content (AvgIpc) is 4.04. The first-order chi connectivity index (χ1) is 27.1. The van der Waals surface area contributed by atoms with Crippen LogP contribution in [0.25, 0.3) is 33.3 Å². The van der Waals surface area contributed by atoms with Crippen LogP contribution < -0.4 is 5.46 Å². The highest BCUT2D eigenvalue weighted by Crippen LogP contribution is 2.39. The molecule has 60 heavy (non-hydrogen) atoms. The molecule has 9 rings (SSSR count). The number of fused-ring (bicyclic) bond motifs is 2. The van der Waals surface area contributed by atoms with E-state index in [0.29, 0.717) is 29.8 Å². The van der Waals surface area contributed by atoms with Crippen LogP contribution in [0, 0.1) is 34.5 Å². The smallest absolute Gasteiger partial charge is 0.399 e. The Hall–Kier alpha value is -5.09. The molecule has 14 nitrogen and oxygen atoms in total. The minimum absolute atomic E-state index is 0. The van der Waals surface area contributed by atoms with Gasteiger partial charge < -0.3 is 19.3 Å². The van der Waals surface area contributed by atoms with Gasteiger partial charge in [0.05, 0.1) is 65.5 Å². The Morgan fingerprint density at radius 2 is 1.22 bits per heavy atom. The molecule has 6 aromatic rings. The number of aromatic nitrogens is 10. The fourth-order valence-electron chi connectivity index (χ4n) is 8.04. The molecule has 1 aliphatic heterocycles. The first-order valence-electron chi connectivity index (χ1n) is 19.5. The van der Waals surface area contributed by atoms with Crippen molar-refractivity contribution in [1.29, 1.82) is 10.5 Å². The topological polar surface area (TPSA) is 185 Å². The van der Waals surface area contributed by atoms with E-state index in [9.17, 15) is 10.5 Å². The standard InChI is InChI=1S/C17H26BN3O2.C17H18N6.C6H4ClN3.4CH4/c1-16(2)17(3,4)23-18(22-16)14-11-20-21(12-14)15(9-10-19)13-7-5-6-8-13;18-7-5-15(12-3-1-2-4-12)23-10-13(9-22-23)16-14-6-8-19-17(14)21-11-20-16;7-5-4-1-2-8-6(4)10-3-9-5;;;;/h11-13,15H,5-9H2,1-4H3;6,8-12,15H,1-5H2,(H,19,20,21);1-3H,(H,8,9,10);4*1H4/t2*15-;;;;;/m11...../s1. The van der Waals surface area contributed by atoms with Gasteiger partial charge in [-0.05, 0) is 77.3 Å². The summed E-state index contributed by atoms with van der Waals surface area (Å²) in [6, 6.07) is 8.81. The molecule has 2 aliphatic carbocycles. The molecule has 2 N–H and O–H groups in total. The van der Waals surface area contributed by atoms with E-state index in [0.717, 1.165) is 38.8 Å². The Balaban J connectivity index is 0.000000248. The summed E-state index contributed by atoms with van der Waals surface area (Å²) in [5.74, 6) is 1.11. The highest BCUT2D eigenvalue weighted by molar-refractivity contribution is 6.62. The molecule has 0 radical (unpaired) electrons. The zero-order valence-corrected chi connectivity index (χ0v) is 33.2. The molecule has 0 amide bonds. The largest absolute Gasteiger partial charge is 0.498 e. The molecule has 3 fully saturated rings. The van der Waals surface area contributed by atoms with E-state index in [1.807, 2.05) is 52.5 Å². The zero-order chi connectivity index (χ0) is 39.3. The summed E-state index contributed by atoms with van der Waals surface area (Å²) < 4.78 is 16.1. The highest BCUT2D eigenvalue weighted by Gasteiger charge is 2.52. The van der Waals surface area contributed by atoms with Crippen LogP contribution in [-0.4, -0.2) is 67.8 Å². The van der Waals surface area contributed by atoms with E-state index in [2.05, 4.69) is 79.9 Å². The van der Waals surface area contributed by atoms with E-state index in [4.69, 9.17) is 20.9 Å². The van der Waals surface area contributed by atoms with E-state index in [1.54, 1.807) is 12.5 Å². The summed E-state index contributed by atoms with van der Waals surface area (Å²) in [4.78, 5) is 22.4. The predicted molar refractivity (Wildman–Crippen MR) is 241 cm³/mol. The van der Waals surface area contributed by atoms with E-state index < -0.39 is 0 Å². The Kier molecular flexibility index (Phi) is 17.6. The van der Waals surface area contributed by atoms with Crippen LogP contribution in [-0.2, 0) is 9.31 Å². The molecule has 7 heterocycles. The molecule has 0 spiro atoms. The number of aromatic amines is 2. The van der Waals surface area contributed by atoms with Crippen molar-refractivity contribution in [3.05, 3.63) is 67.1 Å². The maximum absolute atomic E-state index is 9.18. The van der Waals surface area contributed by atoms with Crippen molar-refractivity contribution in [2.24, 2.45) is 11.8 Å². The summed E-state index contributed by atoms with van der Waals surface area (Å²) in [5.41, 5.74) is 3.69. The first-order valence-corrected chi connectivity index (χ1v) is 19.9. The van der Waals surface area contributed by atoms with Gasteiger partial charge in [0.15, 0.2) is 0 Å². The molecule has 6 aromatic heterocycles. The number of hydrogen-bond acceptors (Lipinski definition) is 10. The van der Waals surface area contributed by atoms with Crippen molar-refractivity contribution in [2.75, 3.05) is 0 Å². The summed E-state index contributed by atoms with van der Waals surface area (Å²) in [5, 5.41) is 29.8. The van der Waals surface area contributed by atoms with Crippen LogP contribution in [0.1, 0.15) is 134 Å². The van der Waals surface area contributed by atoms with E-state index in [-0.39, 0.29) is 60.1 Å². The number of nitrogens with zero attached hydrogens (tertiary/aromatic N) is 10. The molecule has 0 bridgehead atoms. The molecule has 0 aromatic carbocycles. The van der Waals surface area contributed by atoms with E-state index in [1.165, 1.54) is 57.7 Å². The Morgan fingerprint density at radius 3 is 1.75 bits per heavy atom. The van der Waals surface area contributed by atoms with Crippen molar-refractivity contribution in [2.45, 2.75) is 145 Å². The first kappa shape index (κ1) is 49.3. The molecule has 2 atom stereocenters. The Labute approximate surface area is 361 Å². The fourth-order valence-corrected chi connectivity index (χ4v) is 8.24. The second-order valence-corrected chi connectivity index (χ2v) is 16.2. The maximum atomic E-state index is 9.18. The van der Waals surface area contributed by atoms with Crippen molar-refractivity contribution in [1.82, 2.24) is 49.5 Å². The van der Waals surface area contributed by atoms with Gasteiger partial charge in [0.2, 0.25) is 0 Å². The van der Waals surface area contributed by atoms with Gasteiger partial charge >= 0.3 is 7.12 Å². The molecule has 1 saturated heterocycles. The van der Waals surface area contributed by atoms with Crippen molar-refractivity contribution in [3.63, 3.8) is 0 Å². The minimum Gasteiger partial charge on any atom is -0.399 e. The molecule has 322 valence electrons. The third-order valence-electron chi connectivity index (χ3n) is 11.8. The van der Waals surface area contributed by atoms with Gasteiger partial charge in [-0.3, -0.25) is 9.36 Å². The fraction of sp³-hybridized carbons (Fsp3) is 0.545. The lowest BCUT2D eigenvalue weighted by Gasteiger charge is -2.32. The number of nitrogens with one attached hydrogen (secondary N) is 2. The van der Waals surface area contributed by atoms with Gasteiger partial charge in [0, 0.05) is 47.4 Å². The van der Waals surface area contributed by atoms with Crippen LogP contribution in [0.2, 0.25) is 5.15 Å². The lowest BCUT2D eigenvalue weighted by atomic mass is 9.82. The average molecular weight is 839 g/mol. The van der Waals surface area contributed by atoms with Crippen molar-refractivity contribution in [3.8, 4) is 23.4 Å². The third kappa shape index (κ3) is 10.6. The van der Waals surface area contributed by atoms with Gasteiger partial charge in [-0.25, -0.2) is 19.9 Å². The van der Waals surface area contributed by atoms with Crippen LogP contribution >= 0.6 is 11.6 Å². The third-order valence-corrected chi connectivity index (χ3v) is 12.2. The van der Waals surface area contributed by atoms with Crippen LogP contribution in [0.3, 0.4) is 0 Å². The quantitative estimate of drug-likeness (QED) is 0.110. The molecule has 0 unspecified atom stereocenters. The molecular formula is C44H64BClN12O2. The van der Waals surface area contributed by atoms with Gasteiger partial charge in [-0.1, -0.05) is 67.0 Å².